The van der Waals surface area contributed by atoms with Gasteiger partial charge in [0.25, 0.3) is 0 Å². The van der Waals surface area contributed by atoms with Crippen LogP contribution in [0.1, 0.15) is 52.4 Å². The Kier molecular flexibility index (Phi) is 13.2. The summed E-state index contributed by atoms with van der Waals surface area (Å²) in [5.74, 6) is 0. The van der Waals surface area contributed by atoms with Gasteiger partial charge in [-0.25, -0.2) is 0 Å². The number of unbranched alkanes of at least 4 members (excludes halogenated alkanes) is 3. The van der Waals surface area contributed by atoms with Crippen LogP contribution in [-0.2, 0) is 8.85 Å². The molecule has 0 atom stereocenters. The fraction of sp³-hybridized carbons (Fsp3) is 1.00. The second-order valence-corrected chi connectivity index (χ2v) is 6.27. The quantitative estimate of drug-likeness (QED) is 0.426. The van der Waals surface area contributed by atoms with Gasteiger partial charge < -0.3 is 14.6 Å². The Morgan fingerprint density at radius 2 is 1.44 bits per heavy atom. The van der Waals surface area contributed by atoms with Crippen LogP contribution >= 0.6 is 0 Å². The number of hydrogen-bond donors (Lipinski definition) is 1. The average Bonchev–Trinajstić information content (AvgIpc) is 2.29. The highest BCUT2D eigenvalue weighted by Crippen LogP contribution is 2.06. The fourth-order valence-electron chi connectivity index (χ4n) is 1.39. The van der Waals surface area contributed by atoms with Crippen molar-refractivity contribution >= 4 is 9.28 Å². The Morgan fingerprint density at radius 1 is 0.875 bits per heavy atom. The van der Waals surface area contributed by atoms with Crippen LogP contribution in [0, 0.1) is 0 Å². The highest BCUT2D eigenvalue weighted by molar-refractivity contribution is 6.44. The second-order valence-electron chi connectivity index (χ2n) is 4.16. The topological polar surface area (TPSA) is 44.5 Å². The summed E-state index contributed by atoms with van der Waals surface area (Å²) in [5.41, 5.74) is 5.49. The van der Waals surface area contributed by atoms with E-state index >= 15 is 0 Å². The van der Waals surface area contributed by atoms with Gasteiger partial charge in [0.05, 0.1) is 0 Å². The Morgan fingerprint density at radius 3 is 1.88 bits per heavy atom. The van der Waals surface area contributed by atoms with Gasteiger partial charge in [-0.3, -0.25) is 0 Å². The molecule has 0 aromatic heterocycles. The minimum atomic E-state index is -1.38. The van der Waals surface area contributed by atoms with Gasteiger partial charge in [0, 0.05) is 13.2 Å². The Hall–Kier alpha value is 0.0969. The van der Waals surface area contributed by atoms with Crippen LogP contribution in [0.15, 0.2) is 0 Å². The summed E-state index contributed by atoms with van der Waals surface area (Å²) in [6.07, 6.45) is 6.94. The van der Waals surface area contributed by atoms with Crippen LogP contribution < -0.4 is 5.73 Å². The predicted octanol–water partition coefficient (Wildman–Crippen LogP) is 2.58. The number of rotatable bonds is 12. The zero-order chi connectivity index (χ0) is 12.1. The molecule has 0 bridgehead atoms. The zero-order valence-corrected chi connectivity index (χ0v) is 12.2. The first-order valence-corrected chi connectivity index (χ1v) is 8.54. The summed E-state index contributed by atoms with van der Waals surface area (Å²) >= 11 is 0. The molecular weight excluding hydrogens is 218 g/mol. The molecule has 98 valence electrons. The van der Waals surface area contributed by atoms with Crippen molar-refractivity contribution in [2.45, 2.75) is 58.4 Å². The lowest BCUT2D eigenvalue weighted by atomic mass is 10.3. The van der Waals surface area contributed by atoms with Crippen molar-refractivity contribution in [2.75, 3.05) is 19.8 Å². The van der Waals surface area contributed by atoms with Crippen LogP contribution in [0.4, 0.5) is 0 Å². The van der Waals surface area contributed by atoms with Crippen LogP contribution in [0.5, 0.6) is 0 Å². The molecule has 0 aliphatic heterocycles. The lowest BCUT2D eigenvalue weighted by molar-refractivity contribution is 0.190. The maximum absolute atomic E-state index is 5.85. The van der Waals surface area contributed by atoms with E-state index in [1.807, 2.05) is 0 Å². The molecule has 2 N–H and O–H groups in total. The zero-order valence-electron chi connectivity index (χ0n) is 11.0. The molecule has 0 saturated carbocycles. The number of nitrogens with two attached hydrogens (primary N) is 1. The summed E-state index contributed by atoms with van der Waals surface area (Å²) in [7, 11) is -1.38. The number of hydrogen-bond acceptors (Lipinski definition) is 3. The van der Waals surface area contributed by atoms with Gasteiger partial charge in [0.2, 0.25) is 0 Å². The Labute approximate surface area is 103 Å². The highest BCUT2D eigenvalue weighted by atomic mass is 28.3. The van der Waals surface area contributed by atoms with Crippen LogP contribution in [0.2, 0.25) is 6.04 Å². The lowest BCUT2D eigenvalue weighted by Gasteiger charge is -2.16. The van der Waals surface area contributed by atoms with Crippen molar-refractivity contribution in [1.82, 2.24) is 0 Å². The van der Waals surface area contributed by atoms with E-state index < -0.39 is 9.28 Å². The molecule has 0 spiro atoms. The minimum Gasteiger partial charge on any atom is -0.397 e. The van der Waals surface area contributed by atoms with E-state index in [0.717, 1.165) is 51.5 Å². The first-order valence-electron chi connectivity index (χ1n) is 6.78. The SMILES string of the molecule is CCCCO[SiH](CCCCN)OCCCC. The normalized spacial score (nSPS) is 11.2. The summed E-state index contributed by atoms with van der Waals surface area (Å²) in [6.45, 7) is 6.91. The van der Waals surface area contributed by atoms with E-state index in [9.17, 15) is 0 Å². The van der Waals surface area contributed by atoms with Crippen LogP contribution in [-0.4, -0.2) is 29.0 Å². The molecule has 3 nitrogen and oxygen atoms in total. The van der Waals surface area contributed by atoms with Gasteiger partial charge >= 0.3 is 9.28 Å². The molecule has 0 heterocycles. The monoisotopic (exact) mass is 247 g/mol. The van der Waals surface area contributed by atoms with E-state index in [0.29, 0.717) is 0 Å². The van der Waals surface area contributed by atoms with Crippen molar-refractivity contribution in [3.05, 3.63) is 0 Å². The van der Waals surface area contributed by atoms with Crippen LogP contribution in [0.3, 0.4) is 0 Å². The first kappa shape index (κ1) is 16.1. The highest BCUT2D eigenvalue weighted by Gasteiger charge is 2.12. The molecule has 0 saturated heterocycles. The predicted molar refractivity (Wildman–Crippen MR) is 72.0 cm³/mol. The molecule has 0 radical (unpaired) electrons. The molecule has 0 unspecified atom stereocenters. The van der Waals surface area contributed by atoms with Crippen molar-refractivity contribution < 1.29 is 8.85 Å². The average molecular weight is 247 g/mol. The fourth-order valence-corrected chi connectivity index (χ4v) is 3.30. The molecule has 0 aliphatic rings. The maximum Gasteiger partial charge on any atom is 0.321 e. The van der Waals surface area contributed by atoms with E-state index in [1.165, 1.54) is 12.8 Å². The summed E-state index contributed by atoms with van der Waals surface area (Å²) in [6, 6.07) is 1.12. The van der Waals surface area contributed by atoms with Gasteiger partial charge in [0.15, 0.2) is 0 Å². The third kappa shape index (κ3) is 10.6. The van der Waals surface area contributed by atoms with Crippen molar-refractivity contribution in [3.63, 3.8) is 0 Å². The second kappa shape index (κ2) is 13.2. The molecule has 0 amide bonds. The summed E-state index contributed by atoms with van der Waals surface area (Å²) in [5, 5.41) is 0. The van der Waals surface area contributed by atoms with Crippen LogP contribution in [0.25, 0.3) is 0 Å². The first-order chi connectivity index (χ1) is 7.85. The molecular formula is C12H29NO2Si. The molecule has 0 aromatic carbocycles. The molecule has 0 rings (SSSR count). The standard InChI is InChI=1S/C12H29NO2Si/c1-3-5-10-14-16(12-8-7-9-13)15-11-6-4-2/h16H,3-13H2,1-2H3. The van der Waals surface area contributed by atoms with Crippen molar-refractivity contribution in [1.29, 1.82) is 0 Å². The van der Waals surface area contributed by atoms with Crippen molar-refractivity contribution in [3.8, 4) is 0 Å². The Bertz CT molecular complexity index is 112. The van der Waals surface area contributed by atoms with Gasteiger partial charge in [-0.1, -0.05) is 33.1 Å². The third-order valence-electron chi connectivity index (χ3n) is 2.50. The van der Waals surface area contributed by atoms with E-state index in [-0.39, 0.29) is 0 Å². The smallest absolute Gasteiger partial charge is 0.321 e. The summed E-state index contributed by atoms with van der Waals surface area (Å²) in [4.78, 5) is 0. The van der Waals surface area contributed by atoms with Gasteiger partial charge in [0.1, 0.15) is 0 Å². The van der Waals surface area contributed by atoms with E-state index in [1.54, 1.807) is 0 Å². The van der Waals surface area contributed by atoms with Crippen molar-refractivity contribution in [2.24, 2.45) is 5.73 Å². The van der Waals surface area contributed by atoms with Gasteiger partial charge in [-0.15, -0.1) is 0 Å². The maximum atomic E-state index is 5.85. The Balaban J connectivity index is 3.58. The summed E-state index contributed by atoms with van der Waals surface area (Å²) < 4.78 is 11.7. The lowest BCUT2D eigenvalue weighted by Crippen LogP contribution is -2.24. The molecule has 16 heavy (non-hydrogen) atoms. The van der Waals surface area contributed by atoms with Gasteiger partial charge in [-0.05, 0) is 31.9 Å². The minimum absolute atomic E-state index is 0.783. The van der Waals surface area contributed by atoms with E-state index in [2.05, 4.69) is 13.8 Å². The third-order valence-corrected chi connectivity index (χ3v) is 4.59. The van der Waals surface area contributed by atoms with Gasteiger partial charge in [-0.2, -0.15) is 0 Å². The van der Waals surface area contributed by atoms with E-state index in [4.69, 9.17) is 14.6 Å². The molecule has 0 fully saturated rings. The molecule has 0 aromatic rings. The largest absolute Gasteiger partial charge is 0.397 e. The molecule has 0 aliphatic carbocycles. The molecule has 4 heteroatoms.